The summed E-state index contributed by atoms with van der Waals surface area (Å²) in [6.45, 7) is 1.71. The fourth-order valence-corrected chi connectivity index (χ4v) is 2.10. The summed E-state index contributed by atoms with van der Waals surface area (Å²) >= 11 is 0. The van der Waals surface area contributed by atoms with Crippen LogP contribution in [-0.2, 0) is 12.7 Å². The second-order valence-electron chi connectivity index (χ2n) is 5.01. The number of hydrogen-bond donors (Lipinski definition) is 0. The molecule has 0 bridgehead atoms. The van der Waals surface area contributed by atoms with Crippen molar-refractivity contribution in [3.05, 3.63) is 41.6 Å². The van der Waals surface area contributed by atoms with Crippen molar-refractivity contribution in [1.29, 1.82) is 0 Å². The van der Waals surface area contributed by atoms with Crippen molar-refractivity contribution >= 4 is 5.91 Å². The zero-order valence-corrected chi connectivity index (χ0v) is 12.5. The van der Waals surface area contributed by atoms with E-state index in [1.54, 1.807) is 45.3 Å². The molecule has 118 valence electrons. The standard InChI is InChI=1S/C15H16F3N3O/c1-4-21-13(15(16,17)18)9-12(19-21)10-6-5-7-11(8-10)14(22)20(2)3/h5-9H,4H2,1-3H3. The van der Waals surface area contributed by atoms with Gasteiger partial charge in [-0.3, -0.25) is 9.48 Å². The van der Waals surface area contributed by atoms with E-state index in [1.165, 1.54) is 4.90 Å². The Morgan fingerprint density at radius 2 is 1.95 bits per heavy atom. The van der Waals surface area contributed by atoms with Crippen molar-refractivity contribution < 1.29 is 18.0 Å². The third-order valence-corrected chi connectivity index (χ3v) is 3.18. The maximum atomic E-state index is 13.0. The number of halogens is 3. The van der Waals surface area contributed by atoms with E-state index < -0.39 is 11.9 Å². The lowest BCUT2D eigenvalue weighted by Crippen LogP contribution is -2.21. The Balaban J connectivity index is 2.47. The normalized spacial score (nSPS) is 11.5. The molecule has 1 aromatic carbocycles. The van der Waals surface area contributed by atoms with Gasteiger partial charge in [0.25, 0.3) is 5.91 Å². The molecular formula is C15H16F3N3O. The number of aromatic nitrogens is 2. The Morgan fingerprint density at radius 3 is 2.45 bits per heavy atom. The molecule has 0 spiro atoms. The Morgan fingerprint density at radius 1 is 1.27 bits per heavy atom. The summed E-state index contributed by atoms with van der Waals surface area (Å²) in [7, 11) is 3.23. The first-order valence-electron chi connectivity index (χ1n) is 6.71. The van der Waals surface area contributed by atoms with Crippen molar-refractivity contribution in [1.82, 2.24) is 14.7 Å². The summed E-state index contributed by atoms with van der Waals surface area (Å²) in [6.07, 6.45) is -4.46. The number of carbonyl (C=O) groups is 1. The van der Waals surface area contributed by atoms with E-state index in [-0.39, 0.29) is 18.1 Å². The highest BCUT2D eigenvalue weighted by Crippen LogP contribution is 2.32. The van der Waals surface area contributed by atoms with Crippen LogP contribution in [0.25, 0.3) is 11.3 Å². The molecule has 0 aliphatic carbocycles. The van der Waals surface area contributed by atoms with Crippen molar-refractivity contribution in [2.45, 2.75) is 19.6 Å². The van der Waals surface area contributed by atoms with Gasteiger partial charge in [0.2, 0.25) is 0 Å². The molecule has 1 amide bonds. The van der Waals surface area contributed by atoms with E-state index in [1.807, 2.05) is 0 Å². The van der Waals surface area contributed by atoms with Gasteiger partial charge in [-0.2, -0.15) is 18.3 Å². The zero-order chi connectivity index (χ0) is 16.5. The van der Waals surface area contributed by atoms with E-state index in [2.05, 4.69) is 5.10 Å². The summed E-state index contributed by atoms with van der Waals surface area (Å²) < 4.78 is 39.8. The number of alkyl halides is 3. The number of rotatable bonds is 3. The molecule has 0 fully saturated rings. The monoisotopic (exact) mass is 311 g/mol. The van der Waals surface area contributed by atoms with Gasteiger partial charge in [0, 0.05) is 31.8 Å². The van der Waals surface area contributed by atoms with Crippen molar-refractivity contribution in [3.8, 4) is 11.3 Å². The fraction of sp³-hybridized carbons (Fsp3) is 0.333. The van der Waals surface area contributed by atoms with Gasteiger partial charge >= 0.3 is 6.18 Å². The molecule has 0 atom stereocenters. The maximum absolute atomic E-state index is 13.0. The third-order valence-electron chi connectivity index (χ3n) is 3.18. The Labute approximate surface area is 126 Å². The average molecular weight is 311 g/mol. The number of aryl methyl sites for hydroxylation is 1. The molecule has 0 unspecified atom stereocenters. The maximum Gasteiger partial charge on any atom is 0.433 e. The Kier molecular flexibility index (Phi) is 4.25. The molecule has 4 nitrogen and oxygen atoms in total. The van der Waals surface area contributed by atoms with Crippen LogP contribution in [0.1, 0.15) is 23.0 Å². The van der Waals surface area contributed by atoms with Crippen molar-refractivity contribution in [2.24, 2.45) is 0 Å². The highest BCUT2D eigenvalue weighted by atomic mass is 19.4. The van der Waals surface area contributed by atoms with Crippen LogP contribution in [0.5, 0.6) is 0 Å². The van der Waals surface area contributed by atoms with Crippen LogP contribution in [0, 0.1) is 0 Å². The van der Waals surface area contributed by atoms with Gasteiger partial charge in [0.05, 0.1) is 5.69 Å². The number of benzene rings is 1. The Bertz CT molecular complexity index is 690. The van der Waals surface area contributed by atoms with Crippen LogP contribution in [0.3, 0.4) is 0 Å². The second-order valence-corrected chi connectivity index (χ2v) is 5.01. The SMILES string of the molecule is CCn1nc(-c2cccc(C(=O)N(C)C)c2)cc1C(F)(F)F. The molecule has 1 heterocycles. The minimum absolute atomic E-state index is 0.116. The minimum Gasteiger partial charge on any atom is -0.345 e. The van der Waals surface area contributed by atoms with Gasteiger partial charge in [-0.25, -0.2) is 0 Å². The van der Waals surface area contributed by atoms with Gasteiger partial charge < -0.3 is 4.90 Å². The molecule has 7 heteroatoms. The van der Waals surface area contributed by atoms with Gasteiger partial charge in [-0.05, 0) is 25.1 Å². The lowest BCUT2D eigenvalue weighted by molar-refractivity contribution is -0.144. The quantitative estimate of drug-likeness (QED) is 0.872. The van der Waals surface area contributed by atoms with Gasteiger partial charge in [0.1, 0.15) is 5.69 Å². The molecule has 0 aliphatic rings. The van der Waals surface area contributed by atoms with Crippen LogP contribution in [0.2, 0.25) is 0 Å². The van der Waals surface area contributed by atoms with Crippen LogP contribution in [-0.4, -0.2) is 34.7 Å². The number of amides is 1. The zero-order valence-electron chi connectivity index (χ0n) is 12.5. The number of nitrogens with zero attached hydrogens (tertiary/aromatic N) is 3. The molecular weight excluding hydrogens is 295 g/mol. The molecule has 0 radical (unpaired) electrons. The van der Waals surface area contributed by atoms with Crippen LogP contribution in [0.4, 0.5) is 13.2 Å². The van der Waals surface area contributed by atoms with Crippen LogP contribution in [0.15, 0.2) is 30.3 Å². The summed E-state index contributed by atoms with van der Waals surface area (Å²) in [5.41, 5.74) is 0.282. The molecule has 2 aromatic rings. The van der Waals surface area contributed by atoms with Crippen LogP contribution < -0.4 is 0 Å². The molecule has 1 aromatic heterocycles. The minimum atomic E-state index is -4.46. The van der Waals surface area contributed by atoms with E-state index >= 15 is 0 Å². The summed E-state index contributed by atoms with van der Waals surface area (Å²) in [5, 5.41) is 3.98. The van der Waals surface area contributed by atoms with Crippen molar-refractivity contribution in [3.63, 3.8) is 0 Å². The molecule has 0 saturated heterocycles. The fourth-order valence-electron chi connectivity index (χ4n) is 2.10. The molecule has 0 N–H and O–H groups in total. The number of hydrogen-bond acceptors (Lipinski definition) is 2. The first-order valence-corrected chi connectivity index (χ1v) is 6.71. The van der Waals surface area contributed by atoms with Gasteiger partial charge in [0.15, 0.2) is 0 Å². The van der Waals surface area contributed by atoms with E-state index in [9.17, 15) is 18.0 Å². The summed E-state index contributed by atoms with van der Waals surface area (Å²) in [4.78, 5) is 13.3. The van der Waals surface area contributed by atoms with E-state index in [0.717, 1.165) is 10.7 Å². The second kappa shape index (κ2) is 5.82. The largest absolute Gasteiger partial charge is 0.433 e. The average Bonchev–Trinajstić information content (AvgIpc) is 2.91. The first-order chi connectivity index (χ1) is 10.2. The van der Waals surface area contributed by atoms with Gasteiger partial charge in [-0.15, -0.1) is 0 Å². The molecule has 0 aliphatic heterocycles. The Hall–Kier alpha value is -2.31. The smallest absolute Gasteiger partial charge is 0.345 e. The first kappa shape index (κ1) is 16.1. The lowest BCUT2D eigenvalue weighted by atomic mass is 10.1. The van der Waals surface area contributed by atoms with E-state index in [0.29, 0.717) is 11.1 Å². The summed E-state index contributed by atoms with van der Waals surface area (Å²) in [6, 6.07) is 7.43. The molecule has 2 rings (SSSR count). The highest BCUT2D eigenvalue weighted by Gasteiger charge is 2.35. The predicted octanol–water partition coefficient (Wildman–Crippen LogP) is 3.29. The van der Waals surface area contributed by atoms with E-state index in [4.69, 9.17) is 0 Å². The summed E-state index contributed by atoms with van der Waals surface area (Å²) in [5.74, 6) is -0.215. The molecule has 0 saturated carbocycles. The van der Waals surface area contributed by atoms with Gasteiger partial charge in [-0.1, -0.05) is 12.1 Å². The van der Waals surface area contributed by atoms with Crippen molar-refractivity contribution in [2.75, 3.05) is 14.1 Å². The number of carbonyl (C=O) groups excluding carboxylic acids is 1. The predicted molar refractivity (Wildman–Crippen MR) is 76.4 cm³/mol. The highest BCUT2D eigenvalue weighted by molar-refractivity contribution is 5.95. The topological polar surface area (TPSA) is 38.1 Å². The lowest BCUT2D eigenvalue weighted by Gasteiger charge is -2.10. The third kappa shape index (κ3) is 3.13. The van der Waals surface area contributed by atoms with Crippen LogP contribution >= 0.6 is 0 Å². The molecule has 22 heavy (non-hydrogen) atoms.